The highest BCUT2D eigenvalue weighted by Gasteiger charge is 2.49. The lowest BCUT2D eigenvalue weighted by Gasteiger charge is -2.25. The molecular weight excluding hydrogens is 437 g/mol. The number of carbonyl (C=O) groups is 1. The molecule has 28 heavy (non-hydrogen) atoms. The minimum atomic E-state index is -4.66. The van der Waals surface area contributed by atoms with Gasteiger partial charge >= 0.3 is 6.18 Å². The number of fused-ring (bicyclic) bond motifs is 1. The van der Waals surface area contributed by atoms with Crippen molar-refractivity contribution in [2.45, 2.75) is 43.7 Å². The van der Waals surface area contributed by atoms with E-state index in [1.54, 1.807) is 0 Å². The number of amides is 1. The van der Waals surface area contributed by atoms with Gasteiger partial charge in [-0.05, 0) is 24.6 Å². The Hall–Kier alpha value is -1.26. The molecule has 2 heterocycles. The molecule has 5 nitrogen and oxygen atoms in total. The maximum atomic E-state index is 13.3. The number of thioether (sulfide) groups is 1. The molecule has 0 radical (unpaired) electrons. The lowest BCUT2D eigenvalue weighted by Crippen LogP contribution is -2.37. The third-order valence-electron chi connectivity index (χ3n) is 4.56. The van der Waals surface area contributed by atoms with Crippen molar-refractivity contribution >= 4 is 50.0 Å². The lowest BCUT2D eigenvalue weighted by atomic mass is 10.1. The summed E-state index contributed by atoms with van der Waals surface area (Å²) in [4.78, 5) is 17.6. The zero-order chi connectivity index (χ0) is 20.7. The Morgan fingerprint density at radius 3 is 2.71 bits per heavy atom. The van der Waals surface area contributed by atoms with E-state index in [0.717, 1.165) is 30.3 Å². The van der Waals surface area contributed by atoms with E-state index in [-0.39, 0.29) is 39.9 Å². The zero-order valence-corrected chi connectivity index (χ0v) is 17.3. The molecular formula is C17H18ClF3N2O3S2. The van der Waals surface area contributed by atoms with Gasteiger partial charge in [-0.25, -0.2) is 8.42 Å². The van der Waals surface area contributed by atoms with Gasteiger partial charge in [-0.2, -0.15) is 18.2 Å². The van der Waals surface area contributed by atoms with Crippen LogP contribution in [0.3, 0.4) is 0 Å². The molecule has 0 bridgehead atoms. The van der Waals surface area contributed by atoms with Gasteiger partial charge in [-0.1, -0.05) is 36.7 Å². The quantitative estimate of drug-likeness (QED) is 0.683. The molecule has 2 saturated heterocycles. The van der Waals surface area contributed by atoms with Gasteiger partial charge in [0.1, 0.15) is 0 Å². The number of sulfone groups is 1. The van der Waals surface area contributed by atoms with Crippen LogP contribution in [0.4, 0.5) is 18.9 Å². The van der Waals surface area contributed by atoms with Crippen LogP contribution in [0, 0.1) is 0 Å². The second-order valence-electron chi connectivity index (χ2n) is 6.72. The molecule has 0 N–H and O–H groups in total. The number of hydrogen-bond acceptors (Lipinski definition) is 4. The monoisotopic (exact) mass is 454 g/mol. The molecule has 1 aromatic carbocycles. The number of aliphatic imine (C=N–C) groups is 1. The van der Waals surface area contributed by atoms with Crippen LogP contribution in [0.1, 0.15) is 31.7 Å². The highest BCUT2D eigenvalue weighted by Crippen LogP contribution is 2.43. The molecule has 3 rings (SSSR count). The van der Waals surface area contributed by atoms with Gasteiger partial charge in [0.15, 0.2) is 15.0 Å². The summed E-state index contributed by atoms with van der Waals surface area (Å²) < 4.78 is 63.8. The first-order valence-corrected chi connectivity index (χ1v) is 11.7. The first-order chi connectivity index (χ1) is 13.0. The number of nitrogens with zero attached hydrogens (tertiary/aromatic N) is 2. The lowest BCUT2D eigenvalue weighted by molar-refractivity contribution is -0.137. The molecule has 11 heteroatoms. The number of halogens is 4. The van der Waals surface area contributed by atoms with Gasteiger partial charge < -0.3 is 4.90 Å². The molecule has 0 aliphatic carbocycles. The number of alkyl halides is 3. The van der Waals surface area contributed by atoms with E-state index in [2.05, 4.69) is 4.99 Å². The topological polar surface area (TPSA) is 66.8 Å². The van der Waals surface area contributed by atoms with Crippen molar-refractivity contribution in [3.63, 3.8) is 0 Å². The highest BCUT2D eigenvalue weighted by atomic mass is 35.5. The number of amidine groups is 1. The van der Waals surface area contributed by atoms with E-state index in [0.29, 0.717) is 6.42 Å². The van der Waals surface area contributed by atoms with Crippen LogP contribution >= 0.6 is 23.4 Å². The van der Waals surface area contributed by atoms with Crippen molar-refractivity contribution in [3.05, 3.63) is 28.8 Å². The van der Waals surface area contributed by atoms with E-state index < -0.39 is 32.6 Å². The molecule has 0 saturated carbocycles. The Kier molecular flexibility index (Phi) is 6.03. The van der Waals surface area contributed by atoms with Crippen molar-refractivity contribution in [2.75, 3.05) is 16.4 Å². The van der Waals surface area contributed by atoms with Gasteiger partial charge in [0.25, 0.3) is 0 Å². The molecule has 154 valence electrons. The van der Waals surface area contributed by atoms with E-state index >= 15 is 0 Å². The molecule has 0 spiro atoms. The Morgan fingerprint density at radius 2 is 2.07 bits per heavy atom. The van der Waals surface area contributed by atoms with Gasteiger partial charge in [-0.3, -0.25) is 4.79 Å². The molecule has 1 amide bonds. The third-order valence-corrected chi connectivity index (χ3v) is 8.10. The third kappa shape index (κ3) is 4.49. The smallest absolute Gasteiger partial charge is 0.316 e. The fraction of sp³-hybridized carbons (Fsp3) is 0.529. The Morgan fingerprint density at radius 1 is 1.36 bits per heavy atom. The fourth-order valence-electron chi connectivity index (χ4n) is 3.24. The standard InChI is InChI=1S/C17H18ClF3N2O3S2/c1-2-3-4-15(24)22-16-23(13-8-28(25,26)9-14(13)27-16)10-5-6-12(18)11(7-10)17(19,20)21/h5-7,13-14H,2-4,8-9H2,1H3/t13-,14+/m1/s1. The first kappa shape index (κ1) is 21.4. The van der Waals surface area contributed by atoms with E-state index in [9.17, 15) is 26.4 Å². The van der Waals surface area contributed by atoms with Crippen LogP contribution in [0.15, 0.2) is 23.2 Å². The van der Waals surface area contributed by atoms with Crippen LogP contribution in [0.5, 0.6) is 0 Å². The average molecular weight is 455 g/mol. The number of rotatable bonds is 4. The fourth-order valence-corrected chi connectivity index (χ4v) is 7.39. The summed E-state index contributed by atoms with van der Waals surface area (Å²) in [7, 11) is -3.31. The molecule has 1 aromatic rings. The summed E-state index contributed by atoms with van der Waals surface area (Å²) in [5.41, 5.74) is -0.895. The predicted octanol–water partition coefficient (Wildman–Crippen LogP) is 4.15. The van der Waals surface area contributed by atoms with Gasteiger partial charge in [-0.15, -0.1) is 0 Å². The first-order valence-electron chi connectivity index (χ1n) is 8.66. The number of anilines is 1. The predicted molar refractivity (Wildman–Crippen MR) is 105 cm³/mol. The van der Waals surface area contributed by atoms with Crippen molar-refractivity contribution < 1.29 is 26.4 Å². The molecule has 2 aliphatic heterocycles. The number of unbranched alkanes of at least 4 members (excludes halogenated alkanes) is 1. The van der Waals surface area contributed by atoms with Crippen molar-refractivity contribution in [3.8, 4) is 0 Å². The van der Waals surface area contributed by atoms with Gasteiger partial charge in [0.05, 0.1) is 28.1 Å². The highest BCUT2D eigenvalue weighted by molar-refractivity contribution is 8.16. The van der Waals surface area contributed by atoms with Crippen molar-refractivity contribution in [1.29, 1.82) is 0 Å². The average Bonchev–Trinajstić information content (AvgIpc) is 3.03. The summed E-state index contributed by atoms with van der Waals surface area (Å²) in [6.45, 7) is 1.93. The zero-order valence-electron chi connectivity index (χ0n) is 14.9. The second-order valence-corrected chi connectivity index (χ2v) is 10.5. The van der Waals surface area contributed by atoms with Crippen molar-refractivity contribution in [1.82, 2.24) is 0 Å². The number of carbonyl (C=O) groups excluding carboxylic acids is 1. The molecule has 0 aromatic heterocycles. The van der Waals surface area contributed by atoms with Crippen LogP contribution in [0.2, 0.25) is 5.02 Å². The largest absolute Gasteiger partial charge is 0.417 e. The number of benzene rings is 1. The summed E-state index contributed by atoms with van der Waals surface area (Å²) in [6, 6.07) is 2.81. The minimum Gasteiger partial charge on any atom is -0.316 e. The van der Waals surface area contributed by atoms with Crippen LogP contribution in [-0.2, 0) is 20.8 Å². The van der Waals surface area contributed by atoms with Crippen LogP contribution in [-0.4, -0.2) is 42.3 Å². The number of hydrogen-bond donors (Lipinski definition) is 0. The Bertz CT molecular complexity index is 919. The molecule has 2 atom stereocenters. The summed E-state index contributed by atoms with van der Waals surface area (Å²) in [5, 5.41) is -0.592. The van der Waals surface area contributed by atoms with Gasteiger partial charge in [0.2, 0.25) is 5.91 Å². The van der Waals surface area contributed by atoms with E-state index in [1.807, 2.05) is 6.92 Å². The maximum absolute atomic E-state index is 13.3. The SMILES string of the molecule is CCCCC(=O)N=C1S[C@H]2CS(=O)(=O)C[C@H]2N1c1ccc(Cl)c(C(F)(F)F)c1. The van der Waals surface area contributed by atoms with Gasteiger partial charge in [0, 0.05) is 17.4 Å². The molecule has 0 unspecified atom stereocenters. The van der Waals surface area contributed by atoms with Crippen LogP contribution in [0.25, 0.3) is 0 Å². The Balaban J connectivity index is 2.02. The maximum Gasteiger partial charge on any atom is 0.417 e. The van der Waals surface area contributed by atoms with E-state index in [1.165, 1.54) is 11.0 Å². The minimum absolute atomic E-state index is 0.0965. The molecule has 2 aliphatic rings. The normalized spacial score (nSPS) is 25.3. The van der Waals surface area contributed by atoms with Crippen LogP contribution < -0.4 is 4.90 Å². The summed E-state index contributed by atoms with van der Waals surface area (Å²) in [6.07, 6.45) is -2.96. The van der Waals surface area contributed by atoms with Crippen molar-refractivity contribution in [2.24, 2.45) is 4.99 Å². The van der Waals surface area contributed by atoms with E-state index in [4.69, 9.17) is 11.6 Å². The Labute approximate surface area is 170 Å². The summed E-state index contributed by atoms with van der Waals surface area (Å²) >= 11 is 6.83. The second kappa shape index (κ2) is 7.87. The molecule has 2 fully saturated rings. The summed E-state index contributed by atoms with van der Waals surface area (Å²) in [5.74, 6) is -0.667.